The maximum absolute atomic E-state index is 12.4. The molecule has 0 radical (unpaired) electrons. The van der Waals surface area contributed by atoms with Crippen molar-refractivity contribution < 1.29 is 9.59 Å². The van der Waals surface area contributed by atoms with E-state index in [0.717, 1.165) is 25.7 Å². The van der Waals surface area contributed by atoms with Gasteiger partial charge in [0.1, 0.15) is 6.04 Å². The van der Waals surface area contributed by atoms with Gasteiger partial charge in [-0.25, -0.2) is 0 Å². The molecule has 1 saturated carbocycles. The quantitative estimate of drug-likeness (QED) is 0.763. The first-order valence-corrected chi connectivity index (χ1v) is 6.97. The Kier molecular flexibility index (Phi) is 4.22. The smallest absolute Gasteiger partial charge is 0.245 e. The highest BCUT2D eigenvalue weighted by atomic mass is 16.2. The van der Waals surface area contributed by atoms with E-state index in [-0.39, 0.29) is 17.9 Å². The Morgan fingerprint density at radius 2 is 2.00 bits per heavy atom. The van der Waals surface area contributed by atoms with Crippen molar-refractivity contribution in [3.05, 3.63) is 0 Å². The molecular weight excluding hydrogens is 230 g/mol. The zero-order valence-corrected chi connectivity index (χ0v) is 11.0. The predicted molar refractivity (Wildman–Crippen MR) is 68.8 cm³/mol. The zero-order valence-electron chi connectivity index (χ0n) is 11.0. The summed E-state index contributed by atoms with van der Waals surface area (Å²) in [7, 11) is 0. The molecule has 1 heterocycles. The van der Waals surface area contributed by atoms with Crippen molar-refractivity contribution in [3.8, 4) is 0 Å². The van der Waals surface area contributed by atoms with Gasteiger partial charge in [-0.05, 0) is 39.0 Å². The highest BCUT2D eigenvalue weighted by molar-refractivity contribution is 5.90. The molecule has 1 saturated heterocycles. The van der Waals surface area contributed by atoms with E-state index in [1.807, 2.05) is 11.8 Å². The molecule has 18 heavy (non-hydrogen) atoms. The van der Waals surface area contributed by atoms with Crippen molar-refractivity contribution in [2.24, 2.45) is 5.73 Å². The minimum atomic E-state index is -0.298. The summed E-state index contributed by atoms with van der Waals surface area (Å²) >= 11 is 0. The summed E-state index contributed by atoms with van der Waals surface area (Å²) in [5.41, 5.74) is 5.89. The van der Waals surface area contributed by atoms with Gasteiger partial charge in [0, 0.05) is 25.0 Å². The number of nitrogens with two attached hydrogens (primary N) is 1. The van der Waals surface area contributed by atoms with E-state index >= 15 is 0 Å². The molecule has 3 N–H and O–H groups in total. The van der Waals surface area contributed by atoms with Gasteiger partial charge in [-0.3, -0.25) is 9.59 Å². The SMILES string of the molecule is CCN(C(=O)[C@H]1CCC(=O)N1)C1CCC(N)CC1. The number of nitrogens with one attached hydrogen (secondary N) is 1. The van der Waals surface area contributed by atoms with E-state index in [1.54, 1.807) is 0 Å². The molecule has 0 aromatic carbocycles. The number of rotatable bonds is 3. The summed E-state index contributed by atoms with van der Waals surface area (Å²) < 4.78 is 0. The standard InChI is InChI=1S/C13H23N3O2/c1-2-16(10-5-3-9(14)4-6-10)13(18)11-7-8-12(17)15-11/h9-11H,2-8,14H2,1H3,(H,15,17)/t9?,10?,11-/m1/s1. The first kappa shape index (κ1) is 13.3. The lowest BCUT2D eigenvalue weighted by Gasteiger charge is -2.36. The molecule has 1 aliphatic heterocycles. The van der Waals surface area contributed by atoms with Gasteiger partial charge in [0.2, 0.25) is 11.8 Å². The van der Waals surface area contributed by atoms with E-state index < -0.39 is 0 Å². The average molecular weight is 253 g/mol. The van der Waals surface area contributed by atoms with Crippen LogP contribution in [0.15, 0.2) is 0 Å². The van der Waals surface area contributed by atoms with Crippen LogP contribution in [0, 0.1) is 0 Å². The molecule has 2 amide bonds. The minimum absolute atomic E-state index is 0.00457. The molecule has 0 aromatic heterocycles. The van der Waals surface area contributed by atoms with Gasteiger partial charge in [-0.2, -0.15) is 0 Å². The Morgan fingerprint density at radius 3 is 2.50 bits per heavy atom. The molecule has 5 nitrogen and oxygen atoms in total. The van der Waals surface area contributed by atoms with Crippen LogP contribution in [-0.4, -0.2) is 41.4 Å². The van der Waals surface area contributed by atoms with Gasteiger partial charge < -0.3 is 16.0 Å². The van der Waals surface area contributed by atoms with Crippen molar-refractivity contribution in [1.82, 2.24) is 10.2 Å². The number of carbonyl (C=O) groups is 2. The second-order valence-corrected chi connectivity index (χ2v) is 5.35. The number of hydrogen-bond acceptors (Lipinski definition) is 3. The molecule has 0 spiro atoms. The molecule has 1 atom stereocenters. The fraction of sp³-hybridized carbons (Fsp3) is 0.846. The third kappa shape index (κ3) is 2.83. The monoisotopic (exact) mass is 253 g/mol. The van der Waals surface area contributed by atoms with Gasteiger partial charge in [-0.1, -0.05) is 0 Å². The van der Waals surface area contributed by atoms with Crippen LogP contribution in [-0.2, 0) is 9.59 Å². The normalized spacial score (nSPS) is 32.1. The molecule has 0 aromatic rings. The third-order valence-electron chi connectivity index (χ3n) is 4.10. The van der Waals surface area contributed by atoms with E-state index in [1.165, 1.54) is 0 Å². The van der Waals surface area contributed by atoms with Crippen LogP contribution < -0.4 is 11.1 Å². The first-order chi connectivity index (χ1) is 8.61. The Morgan fingerprint density at radius 1 is 1.33 bits per heavy atom. The summed E-state index contributed by atoms with van der Waals surface area (Å²) in [5, 5.41) is 2.76. The molecule has 2 aliphatic rings. The number of amides is 2. The zero-order chi connectivity index (χ0) is 13.1. The lowest BCUT2D eigenvalue weighted by Crippen LogP contribution is -2.50. The van der Waals surface area contributed by atoms with Crippen LogP contribution in [0.25, 0.3) is 0 Å². The molecule has 2 fully saturated rings. The van der Waals surface area contributed by atoms with Crippen molar-refractivity contribution in [3.63, 3.8) is 0 Å². The van der Waals surface area contributed by atoms with Crippen molar-refractivity contribution in [2.45, 2.75) is 63.6 Å². The molecule has 0 bridgehead atoms. The van der Waals surface area contributed by atoms with Gasteiger partial charge in [-0.15, -0.1) is 0 Å². The summed E-state index contributed by atoms with van der Waals surface area (Å²) in [5.74, 6) is 0.0823. The second-order valence-electron chi connectivity index (χ2n) is 5.35. The maximum atomic E-state index is 12.4. The highest BCUT2D eigenvalue weighted by Gasteiger charge is 2.34. The molecule has 0 unspecified atom stereocenters. The van der Waals surface area contributed by atoms with Crippen LogP contribution in [0.2, 0.25) is 0 Å². The Hall–Kier alpha value is -1.10. The lowest BCUT2D eigenvalue weighted by molar-refractivity contribution is -0.137. The molecule has 102 valence electrons. The van der Waals surface area contributed by atoms with Crippen LogP contribution in [0.1, 0.15) is 45.4 Å². The Labute approximate surface area is 108 Å². The predicted octanol–water partition coefficient (Wildman–Crippen LogP) is 0.383. The van der Waals surface area contributed by atoms with Crippen molar-refractivity contribution in [1.29, 1.82) is 0 Å². The van der Waals surface area contributed by atoms with Crippen LogP contribution >= 0.6 is 0 Å². The number of hydrogen-bond donors (Lipinski definition) is 2. The molecule has 2 rings (SSSR count). The summed E-state index contributed by atoms with van der Waals surface area (Å²) in [6.07, 6.45) is 5.07. The Bertz CT molecular complexity index is 324. The summed E-state index contributed by atoms with van der Waals surface area (Å²) in [6, 6.07) is 0.300. The third-order valence-corrected chi connectivity index (χ3v) is 4.10. The van der Waals surface area contributed by atoms with E-state index in [2.05, 4.69) is 5.32 Å². The number of nitrogens with zero attached hydrogens (tertiary/aromatic N) is 1. The average Bonchev–Trinajstić information content (AvgIpc) is 2.79. The topological polar surface area (TPSA) is 75.4 Å². The molecule has 1 aliphatic carbocycles. The minimum Gasteiger partial charge on any atom is -0.344 e. The van der Waals surface area contributed by atoms with Crippen LogP contribution in [0.3, 0.4) is 0 Å². The number of likely N-dealkylation sites (N-methyl/N-ethyl adjacent to an activating group) is 1. The first-order valence-electron chi connectivity index (χ1n) is 6.97. The molecule has 5 heteroatoms. The summed E-state index contributed by atoms with van der Waals surface area (Å²) in [6.45, 7) is 2.72. The van der Waals surface area contributed by atoms with Gasteiger partial charge in [0.25, 0.3) is 0 Å². The lowest BCUT2D eigenvalue weighted by atomic mass is 9.90. The largest absolute Gasteiger partial charge is 0.344 e. The molecular formula is C13H23N3O2. The second kappa shape index (κ2) is 5.69. The van der Waals surface area contributed by atoms with Crippen LogP contribution in [0.4, 0.5) is 0 Å². The van der Waals surface area contributed by atoms with E-state index in [0.29, 0.717) is 31.5 Å². The highest BCUT2D eigenvalue weighted by Crippen LogP contribution is 2.23. The van der Waals surface area contributed by atoms with Gasteiger partial charge in [0.05, 0.1) is 0 Å². The van der Waals surface area contributed by atoms with Crippen molar-refractivity contribution >= 4 is 11.8 Å². The van der Waals surface area contributed by atoms with Crippen LogP contribution in [0.5, 0.6) is 0 Å². The fourth-order valence-electron chi connectivity index (χ4n) is 3.01. The van der Waals surface area contributed by atoms with Gasteiger partial charge >= 0.3 is 0 Å². The maximum Gasteiger partial charge on any atom is 0.245 e. The van der Waals surface area contributed by atoms with E-state index in [9.17, 15) is 9.59 Å². The summed E-state index contributed by atoms with van der Waals surface area (Å²) in [4.78, 5) is 25.5. The van der Waals surface area contributed by atoms with Crippen molar-refractivity contribution in [2.75, 3.05) is 6.54 Å². The Balaban J connectivity index is 1.95. The number of carbonyl (C=O) groups excluding carboxylic acids is 2. The van der Waals surface area contributed by atoms with Gasteiger partial charge in [0.15, 0.2) is 0 Å². The fourth-order valence-corrected chi connectivity index (χ4v) is 3.01. The van der Waals surface area contributed by atoms with E-state index in [4.69, 9.17) is 5.73 Å².